The van der Waals surface area contributed by atoms with Crippen LogP contribution in [0.4, 0.5) is 0 Å². The van der Waals surface area contributed by atoms with Crippen LogP contribution >= 0.6 is 0 Å². The second kappa shape index (κ2) is 4.15. The fourth-order valence-corrected chi connectivity index (χ4v) is 4.34. The summed E-state index contributed by atoms with van der Waals surface area (Å²) in [6, 6.07) is 1.19. The van der Waals surface area contributed by atoms with E-state index in [0.29, 0.717) is 23.8 Å². The lowest BCUT2D eigenvalue weighted by Crippen LogP contribution is -2.58. The van der Waals surface area contributed by atoms with Gasteiger partial charge in [-0.25, -0.2) is 0 Å². The quantitative estimate of drug-likeness (QED) is 0.641. The first-order valence-electron chi connectivity index (χ1n) is 7.17. The first kappa shape index (κ1) is 11.3. The number of hydrogen-bond acceptors (Lipinski definition) is 2. The van der Waals surface area contributed by atoms with E-state index in [1.165, 1.54) is 25.7 Å². The largest absolute Gasteiger partial charge is 0.370 e. The molecule has 0 aromatic rings. The van der Waals surface area contributed by atoms with Crippen LogP contribution in [-0.2, 0) is 4.79 Å². The zero-order valence-corrected chi connectivity index (χ0v) is 10.9. The highest BCUT2D eigenvalue weighted by Crippen LogP contribution is 2.45. The summed E-state index contributed by atoms with van der Waals surface area (Å²) in [7, 11) is 0. The molecule has 17 heavy (non-hydrogen) atoms. The standard InChI is InChI=1S/C15H23NO/c1-10-11(2)15-9-12(17)7-8-16(15)14-6-4-3-5-13(10)14/h7-8,10-11,13-15H,3-6,9H2,1-2H3. The van der Waals surface area contributed by atoms with E-state index in [-0.39, 0.29) is 0 Å². The van der Waals surface area contributed by atoms with Crippen molar-refractivity contribution in [2.45, 2.75) is 58.0 Å². The maximum Gasteiger partial charge on any atom is 0.159 e. The Morgan fingerprint density at radius 2 is 1.88 bits per heavy atom. The van der Waals surface area contributed by atoms with Crippen molar-refractivity contribution in [2.24, 2.45) is 17.8 Å². The highest BCUT2D eigenvalue weighted by atomic mass is 16.1. The Bertz CT molecular complexity index is 349. The van der Waals surface area contributed by atoms with Gasteiger partial charge in [0.05, 0.1) is 0 Å². The van der Waals surface area contributed by atoms with Gasteiger partial charge in [0, 0.05) is 24.7 Å². The SMILES string of the molecule is CC1C(C)C2CC(=O)C=CN2C2CCCCC12. The molecule has 1 aliphatic carbocycles. The lowest BCUT2D eigenvalue weighted by molar-refractivity contribution is -0.120. The zero-order chi connectivity index (χ0) is 12.0. The third-order valence-corrected chi connectivity index (χ3v) is 5.50. The van der Waals surface area contributed by atoms with Gasteiger partial charge in [-0.15, -0.1) is 0 Å². The molecule has 0 aromatic heterocycles. The Labute approximate surface area is 104 Å². The number of fused-ring (bicyclic) bond motifs is 3. The number of ketones is 1. The summed E-state index contributed by atoms with van der Waals surface area (Å²) in [6.45, 7) is 4.76. The molecule has 2 fully saturated rings. The van der Waals surface area contributed by atoms with E-state index in [9.17, 15) is 4.79 Å². The third-order valence-electron chi connectivity index (χ3n) is 5.50. The Kier molecular flexibility index (Phi) is 2.76. The molecule has 1 saturated carbocycles. The number of rotatable bonds is 0. The number of hydrogen-bond donors (Lipinski definition) is 0. The minimum Gasteiger partial charge on any atom is -0.370 e. The molecule has 0 aromatic carbocycles. The highest BCUT2D eigenvalue weighted by Gasteiger charge is 2.46. The molecule has 0 amide bonds. The van der Waals surface area contributed by atoms with Crippen LogP contribution < -0.4 is 0 Å². The van der Waals surface area contributed by atoms with E-state index in [2.05, 4.69) is 24.9 Å². The molecular weight excluding hydrogens is 210 g/mol. The molecule has 1 saturated heterocycles. The molecule has 2 heteroatoms. The van der Waals surface area contributed by atoms with Gasteiger partial charge in [0.15, 0.2) is 5.78 Å². The van der Waals surface area contributed by atoms with Gasteiger partial charge in [0.1, 0.15) is 0 Å². The average Bonchev–Trinajstić information content (AvgIpc) is 2.36. The molecule has 2 heterocycles. The predicted molar refractivity (Wildman–Crippen MR) is 68.5 cm³/mol. The lowest BCUT2D eigenvalue weighted by atomic mass is 9.65. The van der Waals surface area contributed by atoms with Crippen LogP contribution in [0.1, 0.15) is 46.0 Å². The summed E-state index contributed by atoms with van der Waals surface area (Å²) in [5.74, 6) is 2.61. The Morgan fingerprint density at radius 3 is 2.71 bits per heavy atom. The summed E-state index contributed by atoms with van der Waals surface area (Å²) in [5.41, 5.74) is 0. The maximum absolute atomic E-state index is 11.6. The van der Waals surface area contributed by atoms with Gasteiger partial charge in [-0.1, -0.05) is 26.7 Å². The maximum atomic E-state index is 11.6. The van der Waals surface area contributed by atoms with E-state index in [0.717, 1.165) is 18.3 Å². The summed E-state index contributed by atoms with van der Waals surface area (Å²) in [5, 5.41) is 0. The molecular formula is C15H23NO. The monoisotopic (exact) mass is 233 g/mol. The van der Waals surface area contributed by atoms with Gasteiger partial charge in [-0.3, -0.25) is 4.79 Å². The molecule has 3 aliphatic rings. The molecule has 5 atom stereocenters. The first-order valence-corrected chi connectivity index (χ1v) is 7.17. The van der Waals surface area contributed by atoms with Crippen molar-refractivity contribution >= 4 is 5.78 Å². The number of nitrogens with zero attached hydrogens (tertiary/aromatic N) is 1. The summed E-state index contributed by atoms with van der Waals surface area (Å²) in [6.07, 6.45) is 10.1. The highest BCUT2D eigenvalue weighted by molar-refractivity contribution is 5.90. The smallest absolute Gasteiger partial charge is 0.159 e. The average molecular weight is 233 g/mol. The molecule has 0 spiro atoms. The Morgan fingerprint density at radius 1 is 1.12 bits per heavy atom. The molecule has 2 nitrogen and oxygen atoms in total. The number of allylic oxidation sites excluding steroid dienone is 1. The molecule has 94 valence electrons. The summed E-state index contributed by atoms with van der Waals surface area (Å²) < 4.78 is 0. The van der Waals surface area contributed by atoms with Crippen LogP contribution in [0.3, 0.4) is 0 Å². The van der Waals surface area contributed by atoms with Crippen molar-refractivity contribution in [3.05, 3.63) is 12.3 Å². The van der Waals surface area contributed by atoms with E-state index in [1.54, 1.807) is 6.08 Å². The van der Waals surface area contributed by atoms with Gasteiger partial charge in [-0.2, -0.15) is 0 Å². The van der Waals surface area contributed by atoms with Crippen LogP contribution in [-0.4, -0.2) is 22.8 Å². The summed E-state index contributed by atoms with van der Waals surface area (Å²) in [4.78, 5) is 14.2. The van der Waals surface area contributed by atoms with E-state index in [4.69, 9.17) is 0 Å². The third kappa shape index (κ3) is 1.73. The minimum atomic E-state index is 0.319. The van der Waals surface area contributed by atoms with Crippen molar-refractivity contribution in [3.63, 3.8) is 0 Å². The van der Waals surface area contributed by atoms with Crippen molar-refractivity contribution < 1.29 is 4.79 Å². The Hall–Kier alpha value is -0.790. The molecule has 0 bridgehead atoms. The molecule has 5 unspecified atom stereocenters. The van der Waals surface area contributed by atoms with Crippen molar-refractivity contribution in [1.82, 2.24) is 4.90 Å². The van der Waals surface area contributed by atoms with Gasteiger partial charge in [-0.05, 0) is 36.7 Å². The van der Waals surface area contributed by atoms with Crippen molar-refractivity contribution in [2.75, 3.05) is 0 Å². The number of piperidine rings is 1. The van der Waals surface area contributed by atoms with Crippen LogP contribution in [0.5, 0.6) is 0 Å². The first-order chi connectivity index (χ1) is 8.18. The topological polar surface area (TPSA) is 20.3 Å². The van der Waals surface area contributed by atoms with Gasteiger partial charge < -0.3 is 4.90 Å². The zero-order valence-electron chi connectivity index (χ0n) is 10.9. The van der Waals surface area contributed by atoms with Crippen LogP contribution in [0, 0.1) is 17.8 Å². The second-order valence-electron chi connectivity index (χ2n) is 6.23. The van der Waals surface area contributed by atoms with Gasteiger partial charge in [0.2, 0.25) is 0 Å². The number of carbonyl (C=O) groups is 1. The van der Waals surface area contributed by atoms with E-state index >= 15 is 0 Å². The van der Waals surface area contributed by atoms with Gasteiger partial charge >= 0.3 is 0 Å². The predicted octanol–water partition coefficient (Wildman–Crippen LogP) is 2.99. The minimum absolute atomic E-state index is 0.319. The lowest BCUT2D eigenvalue weighted by Gasteiger charge is -2.55. The number of carbonyl (C=O) groups excluding carboxylic acids is 1. The normalized spacial score (nSPS) is 45.4. The molecule has 3 rings (SSSR count). The summed E-state index contributed by atoms with van der Waals surface area (Å²) >= 11 is 0. The fraction of sp³-hybridized carbons (Fsp3) is 0.800. The fourth-order valence-electron chi connectivity index (χ4n) is 4.34. The Balaban J connectivity index is 1.92. The van der Waals surface area contributed by atoms with E-state index in [1.807, 2.05) is 0 Å². The van der Waals surface area contributed by atoms with Crippen molar-refractivity contribution in [3.8, 4) is 0 Å². The van der Waals surface area contributed by atoms with Gasteiger partial charge in [0.25, 0.3) is 0 Å². The molecule has 0 N–H and O–H groups in total. The second-order valence-corrected chi connectivity index (χ2v) is 6.23. The van der Waals surface area contributed by atoms with Crippen LogP contribution in [0.2, 0.25) is 0 Å². The van der Waals surface area contributed by atoms with Crippen molar-refractivity contribution in [1.29, 1.82) is 0 Å². The molecule has 2 aliphatic heterocycles. The van der Waals surface area contributed by atoms with Crippen LogP contribution in [0.25, 0.3) is 0 Å². The van der Waals surface area contributed by atoms with E-state index < -0.39 is 0 Å². The van der Waals surface area contributed by atoms with Crippen LogP contribution in [0.15, 0.2) is 12.3 Å². The molecule has 0 radical (unpaired) electrons.